The number of nitrogens with zero attached hydrogens (tertiary/aromatic N) is 1. The Morgan fingerprint density at radius 3 is 2.68 bits per heavy atom. The molecule has 1 aromatic rings. The van der Waals surface area contributed by atoms with E-state index in [1.807, 2.05) is 20.8 Å². The van der Waals surface area contributed by atoms with Gasteiger partial charge in [0.2, 0.25) is 0 Å². The first-order valence-electron chi connectivity index (χ1n) is 5.98. The number of rotatable bonds is 3. The van der Waals surface area contributed by atoms with E-state index in [4.69, 9.17) is 10.2 Å². The molecule has 1 aromatic heterocycles. The van der Waals surface area contributed by atoms with Crippen molar-refractivity contribution in [2.45, 2.75) is 39.8 Å². The third-order valence-corrected chi connectivity index (χ3v) is 2.28. The molecule has 1 heterocycles. The second-order valence-electron chi connectivity index (χ2n) is 5.25. The minimum absolute atomic E-state index is 0.149. The third kappa shape index (κ3) is 4.65. The Morgan fingerprint density at radius 1 is 1.53 bits per heavy atom. The van der Waals surface area contributed by atoms with E-state index in [0.29, 0.717) is 23.0 Å². The molecule has 1 rings (SSSR count). The summed E-state index contributed by atoms with van der Waals surface area (Å²) in [6.45, 7) is 7.94. The average molecular weight is 267 g/mol. The Bertz CT molecular complexity index is 484. The highest BCUT2D eigenvalue weighted by atomic mass is 16.5. The number of furan rings is 1. The minimum atomic E-state index is -0.419. The Morgan fingerprint density at radius 2 is 2.16 bits per heavy atom. The molecular weight excluding hydrogens is 246 g/mol. The van der Waals surface area contributed by atoms with E-state index < -0.39 is 5.97 Å². The van der Waals surface area contributed by atoms with Crippen molar-refractivity contribution in [2.75, 3.05) is 7.11 Å². The predicted octanol–water partition coefficient (Wildman–Crippen LogP) is 1.58. The molecular formula is C13H21N3O3. The molecule has 106 valence electrons. The lowest BCUT2D eigenvalue weighted by molar-refractivity contribution is 0.0599. The van der Waals surface area contributed by atoms with Crippen LogP contribution in [0.1, 0.15) is 42.6 Å². The SMILES string of the molecule is COC(=O)c1cc(CN=C(N)NC(C)(C)C)oc1C. The van der Waals surface area contributed by atoms with Crippen LogP contribution in [-0.2, 0) is 11.3 Å². The Kier molecular flexibility index (Phi) is 4.58. The van der Waals surface area contributed by atoms with Crippen LogP contribution in [-0.4, -0.2) is 24.6 Å². The van der Waals surface area contributed by atoms with Crippen molar-refractivity contribution in [3.63, 3.8) is 0 Å². The number of hydrogen-bond donors (Lipinski definition) is 2. The van der Waals surface area contributed by atoms with Crippen LogP contribution in [0.4, 0.5) is 0 Å². The lowest BCUT2D eigenvalue weighted by atomic mass is 10.1. The standard InChI is InChI=1S/C13H21N3O3/c1-8-10(11(17)18-5)6-9(19-8)7-15-12(14)16-13(2,3)4/h6H,7H2,1-5H3,(H3,14,15,16). The minimum Gasteiger partial charge on any atom is -0.465 e. The van der Waals surface area contributed by atoms with Crippen LogP contribution >= 0.6 is 0 Å². The van der Waals surface area contributed by atoms with Crippen LogP contribution in [0, 0.1) is 6.92 Å². The summed E-state index contributed by atoms with van der Waals surface area (Å²) in [5.41, 5.74) is 6.01. The van der Waals surface area contributed by atoms with Gasteiger partial charge in [0.25, 0.3) is 0 Å². The van der Waals surface area contributed by atoms with E-state index >= 15 is 0 Å². The van der Waals surface area contributed by atoms with Gasteiger partial charge in [0.15, 0.2) is 5.96 Å². The highest BCUT2D eigenvalue weighted by Gasteiger charge is 2.15. The summed E-state index contributed by atoms with van der Waals surface area (Å²) in [5, 5.41) is 3.04. The third-order valence-electron chi connectivity index (χ3n) is 2.28. The molecule has 0 atom stereocenters. The van der Waals surface area contributed by atoms with Crippen LogP contribution in [0.25, 0.3) is 0 Å². The molecule has 3 N–H and O–H groups in total. The molecule has 0 aliphatic rings. The quantitative estimate of drug-likeness (QED) is 0.493. The molecule has 0 radical (unpaired) electrons. The van der Waals surface area contributed by atoms with Crippen molar-refractivity contribution in [3.05, 3.63) is 23.2 Å². The van der Waals surface area contributed by atoms with Gasteiger partial charge in [-0.2, -0.15) is 0 Å². The van der Waals surface area contributed by atoms with E-state index in [0.717, 1.165) is 0 Å². The Hall–Kier alpha value is -1.98. The number of guanidine groups is 1. The van der Waals surface area contributed by atoms with Gasteiger partial charge >= 0.3 is 5.97 Å². The molecule has 0 saturated heterocycles. The highest BCUT2D eigenvalue weighted by Crippen LogP contribution is 2.16. The molecule has 0 aliphatic heterocycles. The van der Waals surface area contributed by atoms with Crippen LogP contribution in [0.15, 0.2) is 15.5 Å². The smallest absolute Gasteiger partial charge is 0.341 e. The molecule has 6 nitrogen and oxygen atoms in total. The summed E-state index contributed by atoms with van der Waals surface area (Å²) in [4.78, 5) is 15.6. The van der Waals surface area contributed by atoms with Gasteiger partial charge in [-0.1, -0.05) is 0 Å². The number of nitrogens with two attached hydrogens (primary N) is 1. The second-order valence-corrected chi connectivity index (χ2v) is 5.25. The summed E-state index contributed by atoms with van der Waals surface area (Å²) in [6, 6.07) is 1.62. The lowest BCUT2D eigenvalue weighted by Gasteiger charge is -2.20. The molecule has 0 spiro atoms. The van der Waals surface area contributed by atoms with Crippen molar-refractivity contribution in [3.8, 4) is 0 Å². The largest absolute Gasteiger partial charge is 0.465 e. The summed E-state index contributed by atoms with van der Waals surface area (Å²) >= 11 is 0. The van der Waals surface area contributed by atoms with E-state index in [1.165, 1.54) is 7.11 Å². The second kappa shape index (κ2) is 5.77. The zero-order valence-corrected chi connectivity index (χ0v) is 12.0. The number of nitrogens with one attached hydrogen (secondary N) is 1. The van der Waals surface area contributed by atoms with Crippen molar-refractivity contribution in [1.29, 1.82) is 0 Å². The molecule has 0 bridgehead atoms. The molecule has 0 aromatic carbocycles. The Labute approximate surface area is 113 Å². The fourth-order valence-electron chi connectivity index (χ4n) is 1.52. The van der Waals surface area contributed by atoms with E-state index in [1.54, 1.807) is 13.0 Å². The van der Waals surface area contributed by atoms with Gasteiger partial charge in [-0.05, 0) is 33.8 Å². The highest BCUT2D eigenvalue weighted by molar-refractivity contribution is 5.90. The summed E-state index contributed by atoms with van der Waals surface area (Å²) in [5.74, 6) is 0.995. The topological polar surface area (TPSA) is 89.8 Å². The molecule has 0 fully saturated rings. The maximum atomic E-state index is 11.4. The molecule has 0 aliphatic carbocycles. The van der Waals surface area contributed by atoms with Gasteiger partial charge in [-0.15, -0.1) is 0 Å². The zero-order chi connectivity index (χ0) is 14.6. The molecule has 0 unspecified atom stereocenters. The summed E-state index contributed by atoms with van der Waals surface area (Å²) < 4.78 is 10.1. The summed E-state index contributed by atoms with van der Waals surface area (Å²) in [7, 11) is 1.33. The van der Waals surface area contributed by atoms with Gasteiger partial charge in [-0.3, -0.25) is 0 Å². The van der Waals surface area contributed by atoms with E-state index in [-0.39, 0.29) is 12.1 Å². The maximum absolute atomic E-state index is 11.4. The molecule has 0 saturated carbocycles. The normalized spacial score (nSPS) is 12.4. The average Bonchev–Trinajstić information content (AvgIpc) is 2.65. The van der Waals surface area contributed by atoms with Gasteiger partial charge < -0.3 is 20.2 Å². The molecule has 0 amide bonds. The first-order chi connectivity index (χ1) is 8.73. The fraction of sp³-hybridized carbons (Fsp3) is 0.538. The first kappa shape index (κ1) is 15.1. The summed E-state index contributed by atoms with van der Waals surface area (Å²) in [6.07, 6.45) is 0. The van der Waals surface area contributed by atoms with Gasteiger partial charge in [-0.25, -0.2) is 9.79 Å². The molecule has 19 heavy (non-hydrogen) atoms. The van der Waals surface area contributed by atoms with Crippen LogP contribution in [0.2, 0.25) is 0 Å². The van der Waals surface area contributed by atoms with Crippen LogP contribution < -0.4 is 11.1 Å². The van der Waals surface area contributed by atoms with Crippen molar-refractivity contribution in [1.82, 2.24) is 5.32 Å². The number of carbonyl (C=O) groups excluding carboxylic acids is 1. The lowest BCUT2D eigenvalue weighted by Crippen LogP contribution is -2.44. The van der Waals surface area contributed by atoms with Crippen LogP contribution in [0.3, 0.4) is 0 Å². The van der Waals surface area contributed by atoms with E-state index in [9.17, 15) is 4.79 Å². The number of esters is 1. The van der Waals surface area contributed by atoms with Crippen molar-refractivity contribution < 1.29 is 13.9 Å². The number of aryl methyl sites for hydroxylation is 1. The number of aliphatic imine (C=N–C) groups is 1. The zero-order valence-electron chi connectivity index (χ0n) is 12.0. The van der Waals surface area contributed by atoms with Crippen LogP contribution in [0.5, 0.6) is 0 Å². The van der Waals surface area contributed by atoms with Gasteiger partial charge in [0.05, 0.1) is 7.11 Å². The van der Waals surface area contributed by atoms with Crippen molar-refractivity contribution >= 4 is 11.9 Å². The number of carbonyl (C=O) groups is 1. The van der Waals surface area contributed by atoms with Gasteiger partial charge in [0.1, 0.15) is 23.6 Å². The number of hydrogen-bond acceptors (Lipinski definition) is 4. The predicted molar refractivity (Wildman–Crippen MR) is 73.0 cm³/mol. The van der Waals surface area contributed by atoms with Crippen molar-refractivity contribution in [2.24, 2.45) is 10.7 Å². The van der Waals surface area contributed by atoms with Gasteiger partial charge in [0, 0.05) is 5.54 Å². The fourth-order valence-corrected chi connectivity index (χ4v) is 1.52. The monoisotopic (exact) mass is 267 g/mol. The van der Waals surface area contributed by atoms with E-state index in [2.05, 4.69) is 15.0 Å². The molecule has 6 heteroatoms. The number of ether oxygens (including phenoxy) is 1. The maximum Gasteiger partial charge on any atom is 0.341 e. The first-order valence-corrected chi connectivity index (χ1v) is 5.98. The Balaban J connectivity index is 2.74. The number of methoxy groups -OCH3 is 1.